The molecule has 0 aliphatic heterocycles. The SMILES string of the molecule is CC(C)CC(CO)NC(=O)C[C@H](NC(=O)OC(C)(C)C)C(=O)OCc1ccccc1. The second kappa shape index (κ2) is 12.2. The number of carbonyl (C=O) groups excluding carboxylic acids is 3. The minimum atomic E-state index is -1.22. The van der Waals surface area contributed by atoms with E-state index in [0.29, 0.717) is 6.42 Å². The molecule has 8 heteroatoms. The average Bonchev–Trinajstić information content (AvgIpc) is 2.63. The standard InChI is InChI=1S/C22H34N2O6/c1-15(2)11-17(13-25)23-19(26)12-18(24-21(28)30-22(3,4)5)20(27)29-14-16-9-7-6-8-10-16/h6-10,15,17-18,25H,11-14H2,1-5H3,(H,23,26)(H,24,28)/t17?,18-/m0/s1. The monoisotopic (exact) mass is 422 g/mol. The highest BCUT2D eigenvalue weighted by atomic mass is 16.6. The number of benzene rings is 1. The summed E-state index contributed by atoms with van der Waals surface area (Å²) in [7, 11) is 0. The predicted octanol–water partition coefficient (Wildman–Crippen LogP) is 2.54. The highest BCUT2D eigenvalue weighted by Crippen LogP contribution is 2.10. The lowest BCUT2D eigenvalue weighted by Gasteiger charge is -2.24. The lowest BCUT2D eigenvalue weighted by Crippen LogP contribution is -2.48. The molecule has 0 bridgehead atoms. The normalized spacial score (nSPS) is 13.3. The van der Waals surface area contributed by atoms with Crippen LogP contribution in [0, 0.1) is 5.92 Å². The number of rotatable bonds is 10. The molecule has 0 aliphatic carbocycles. The van der Waals surface area contributed by atoms with Crippen molar-refractivity contribution in [3.63, 3.8) is 0 Å². The lowest BCUT2D eigenvalue weighted by atomic mass is 10.0. The molecule has 1 aromatic carbocycles. The Balaban J connectivity index is 2.78. The van der Waals surface area contributed by atoms with E-state index in [0.717, 1.165) is 5.56 Å². The molecule has 1 rings (SSSR count). The van der Waals surface area contributed by atoms with Crippen molar-refractivity contribution in [2.24, 2.45) is 5.92 Å². The third kappa shape index (κ3) is 10.8. The van der Waals surface area contributed by atoms with Crippen LogP contribution in [-0.2, 0) is 25.7 Å². The van der Waals surface area contributed by atoms with Crippen LogP contribution in [0.4, 0.5) is 4.79 Å². The van der Waals surface area contributed by atoms with Gasteiger partial charge >= 0.3 is 12.1 Å². The van der Waals surface area contributed by atoms with E-state index in [4.69, 9.17) is 9.47 Å². The fourth-order valence-corrected chi connectivity index (χ4v) is 2.69. The van der Waals surface area contributed by atoms with E-state index >= 15 is 0 Å². The van der Waals surface area contributed by atoms with E-state index in [9.17, 15) is 19.5 Å². The molecule has 0 heterocycles. The van der Waals surface area contributed by atoms with Gasteiger partial charge in [0.15, 0.2) is 0 Å². The quantitative estimate of drug-likeness (QED) is 0.499. The van der Waals surface area contributed by atoms with E-state index in [2.05, 4.69) is 10.6 Å². The van der Waals surface area contributed by atoms with Crippen molar-refractivity contribution >= 4 is 18.0 Å². The summed E-state index contributed by atoms with van der Waals surface area (Å²) in [5.74, 6) is -0.953. The Morgan fingerprint density at radius 3 is 2.23 bits per heavy atom. The first-order chi connectivity index (χ1) is 14.0. The van der Waals surface area contributed by atoms with Crippen LogP contribution in [0.3, 0.4) is 0 Å². The molecule has 1 unspecified atom stereocenters. The number of aliphatic hydroxyl groups is 1. The van der Waals surface area contributed by atoms with Gasteiger partial charge in [-0.15, -0.1) is 0 Å². The number of hydrogen-bond donors (Lipinski definition) is 3. The van der Waals surface area contributed by atoms with Gasteiger partial charge in [-0.25, -0.2) is 9.59 Å². The zero-order valence-electron chi connectivity index (χ0n) is 18.4. The van der Waals surface area contributed by atoms with E-state index in [1.54, 1.807) is 32.9 Å². The Bertz CT molecular complexity index is 685. The average molecular weight is 423 g/mol. The minimum Gasteiger partial charge on any atom is -0.459 e. The lowest BCUT2D eigenvalue weighted by molar-refractivity contribution is -0.149. The first-order valence-corrected chi connectivity index (χ1v) is 10.1. The Morgan fingerprint density at radius 2 is 1.70 bits per heavy atom. The van der Waals surface area contributed by atoms with Crippen LogP contribution in [0.25, 0.3) is 0 Å². The third-order valence-electron chi connectivity index (χ3n) is 3.93. The summed E-state index contributed by atoms with van der Waals surface area (Å²) >= 11 is 0. The van der Waals surface area contributed by atoms with E-state index < -0.39 is 35.7 Å². The number of hydrogen-bond acceptors (Lipinski definition) is 6. The topological polar surface area (TPSA) is 114 Å². The summed E-state index contributed by atoms with van der Waals surface area (Å²) in [5, 5.41) is 14.6. The summed E-state index contributed by atoms with van der Waals surface area (Å²) in [4.78, 5) is 37.1. The smallest absolute Gasteiger partial charge is 0.408 e. The number of alkyl carbamates (subject to hydrolysis) is 1. The maximum Gasteiger partial charge on any atom is 0.408 e. The van der Waals surface area contributed by atoms with Gasteiger partial charge in [0.05, 0.1) is 19.1 Å². The Hall–Kier alpha value is -2.61. The van der Waals surface area contributed by atoms with Gasteiger partial charge in [0.1, 0.15) is 18.2 Å². The number of aliphatic hydroxyl groups excluding tert-OH is 1. The van der Waals surface area contributed by atoms with Crippen LogP contribution in [0.2, 0.25) is 0 Å². The second-order valence-corrected chi connectivity index (χ2v) is 8.57. The summed E-state index contributed by atoms with van der Waals surface area (Å²) < 4.78 is 10.5. The Labute approximate surface area is 178 Å². The van der Waals surface area contributed by atoms with E-state index in [-0.39, 0.29) is 25.6 Å². The maximum atomic E-state index is 12.6. The van der Waals surface area contributed by atoms with E-state index in [1.165, 1.54) is 0 Å². The van der Waals surface area contributed by atoms with Gasteiger partial charge in [0, 0.05) is 0 Å². The van der Waals surface area contributed by atoms with Crippen LogP contribution >= 0.6 is 0 Å². The highest BCUT2D eigenvalue weighted by molar-refractivity contribution is 5.88. The van der Waals surface area contributed by atoms with Crippen molar-refractivity contribution in [2.45, 2.75) is 71.8 Å². The third-order valence-corrected chi connectivity index (χ3v) is 3.93. The van der Waals surface area contributed by atoms with Crippen molar-refractivity contribution in [3.05, 3.63) is 35.9 Å². The zero-order chi connectivity index (χ0) is 22.7. The van der Waals surface area contributed by atoms with Crippen LogP contribution in [0.5, 0.6) is 0 Å². The zero-order valence-corrected chi connectivity index (χ0v) is 18.4. The molecule has 0 saturated carbocycles. The molecule has 0 spiro atoms. The molecule has 8 nitrogen and oxygen atoms in total. The summed E-state index contributed by atoms with van der Waals surface area (Å²) in [5.41, 5.74) is 0.0213. The van der Waals surface area contributed by atoms with Crippen LogP contribution in [0.1, 0.15) is 53.0 Å². The number of esters is 1. The molecular weight excluding hydrogens is 388 g/mol. The molecule has 30 heavy (non-hydrogen) atoms. The first kappa shape index (κ1) is 25.4. The maximum absolute atomic E-state index is 12.6. The molecule has 168 valence electrons. The molecule has 0 radical (unpaired) electrons. The van der Waals surface area contributed by atoms with Gasteiger partial charge in [0.2, 0.25) is 5.91 Å². The molecule has 3 N–H and O–H groups in total. The van der Waals surface area contributed by atoms with Crippen molar-refractivity contribution in [1.82, 2.24) is 10.6 Å². The number of carbonyl (C=O) groups is 3. The molecular formula is C22H34N2O6. The minimum absolute atomic E-state index is 0.0143. The van der Waals surface area contributed by atoms with Gasteiger partial charge in [-0.05, 0) is 38.7 Å². The first-order valence-electron chi connectivity index (χ1n) is 10.1. The Kier molecular flexibility index (Phi) is 10.3. The predicted molar refractivity (Wildman–Crippen MR) is 112 cm³/mol. The molecule has 0 fully saturated rings. The summed E-state index contributed by atoms with van der Waals surface area (Å²) in [6.07, 6.45) is -0.565. The van der Waals surface area contributed by atoms with Crippen molar-refractivity contribution in [3.8, 4) is 0 Å². The van der Waals surface area contributed by atoms with Crippen molar-refractivity contribution in [1.29, 1.82) is 0 Å². The van der Waals surface area contributed by atoms with Crippen molar-refractivity contribution in [2.75, 3.05) is 6.61 Å². The van der Waals surface area contributed by atoms with Gasteiger partial charge in [-0.1, -0.05) is 44.2 Å². The Morgan fingerprint density at radius 1 is 1.07 bits per heavy atom. The molecule has 2 atom stereocenters. The van der Waals surface area contributed by atoms with Gasteiger partial charge < -0.3 is 25.2 Å². The van der Waals surface area contributed by atoms with Crippen LogP contribution < -0.4 is 10.6 Å². The largest absolute Gasteiger partial charge is 0.459 e. The van der Waals surface area contributed by atoms with Crippen molar-refractivity contribution < 1.29 is 29.0 Å². The second-order valence-electron chi connectivity index (χ2n) is 8.57. The fraction of sp³-hybridized carbons (Fsp3) is 0.591. The fourth-order valence-electron chi connectivity index (χ4n) is 2.69. The number of nitrogens with one attached hydrogen (secondary N) is 2. The summed E-state index contributed by atoms with van der Waals surface area (Å²) in [6.45, 7) is 8.83. The molecule has 1 aromatic rings. The van der Waals surface area contributed by atoms with Crippen LogP contribution in [-0.4, -0.2) is 47.4 Å². The summed E-state index contributed by atoms with van der Waals surface area (Å²) in [6, 6.07) is 7.43. The number of ether oxygens (including phenoxy) is 2. The molecule has 0 aliphatic rings. The van der Waals surface area contributed by atoms with E-state index in [1.807, 2.05) is 32.0 Å². The molecule has 0 saturated heterocycles. The molecule has 2 amide bonds. The van der Waals surface area contributed by atoms with Gasteiger partial charge in [-0.2, -0.15) is 0 Å². The highest BCUT2D eigenvalue weighted by Gasteiger charge is 2.28. The van der Waals surface area contributed by atoms with Gasteiger partial charge in [-0.3, -0.25) is 4.79 Å². The number of amides is 2. The van der Waals surface area contributed by atoms with Crippen LogP contribution in [0.15, 0.2) is 30.3 Å². The van der Waals surface area contributed by atoms with Gasteiger partial charge in [0.25, 0.3) is 0 Å². The molecule has 0 aromatic heterocycles.